The highest BCUT2D eigenvalue weighted by Crippen LogP contribution is 2.14. The average Bonchev–Trinajstić information content (AvgIpc) is 2.90. The number of aromatic nitrogens is 1. The Kier molecular flexibility index (Phi) is 7.03. The van der Waals surface area contributed by atoms with Crippen LogP contribution in [0.15, 0.2) is 41.5 Å². The highest BCUT2D eigenvalue weighted by Gasteiger charge is 2.11. The van der Waals surface area contributed by atoms with Gasteiger partial charge in [0, 0.05) is 38.2 Å². The van der Waals surface area contributed by atoms with Gasteiger partial charge in [-0.2, -0.15) is 0 Å². The number of halogens is 2. The number of amides is 1. The lowest BCUT2D eigenvalue weighted by Crippen LogP contribution is -2.39. The monoisotopic (exact) mass is 379 g/mol. The number of aryl methyl sites for hydroxylation is 1. The molecule has 0 bridgehead atoms. The summed E-state index contributed by atoms with van der Waals surface area (Å²) >= 11 is 6.02. The van der Waals surface area contributed by atoms with Gasteiger partial charge < -0.3 is 20.1 Å². The van der Waals surface area contributed by atoms with E-state index in [0.717, 1.165) is 5.69 Å². The highest BCUT2D eigenvalue weighted by molar-refractivity contribution is 6.30. The summed E-state index contributed by atoms with van der Waals surface area (Å²) in [5.74, 6) is -0.0146. The Labute approximate surface area is 157 Å². The fraction of sp³-hybridized carbons (Fsp3) is 0.333. The smallest absolute Gasteiger partial charge is 0.246 e. The molecule has 0 fully saturated rings. The molecule has 6 nitrogen and oxygen atoms in total. The van der Waals surface area contributed by atoms with Gasteiger partial charge in [0.1, 0.15) is 12.4 Å². The Morgan fingerprint density at radius 1 is 1.35 bits per heavy atom. The van der Waals surface area contributed by atoms with Gasteiger partial charge in [-0.3, -0.25) is 4.79 Å². The van der Waals surface area contributed by atoms with E-state index >= 15 is 0 Å². The van der Waals surface area contributed by atoms with Gasteiger partial charge in [-0.05, 0) is 37.3 Å². The summed E-state index contributed by atoms with van der Waals surface area (Å²) in [6.45, 7) is 3.19. The van der Waals surface area contributed by atoms with E-state index in [0.29, 0.717) is 29.8 Å². The van der Waals surface area contributed by atoms with Crippen LogP contribution in [0.25, 0.3) is 0 Å². The molecule has 0 aliphatic carbocycles. The zero-order valence-electron chi connectivity index (χ0n) is 15.1. The minimum absolute atomic E-state index is 0.0437. The maximum atomic E-state index is 12.9. The van der Waals surface area contributed by atoms with Crippen molar-refractivity contribution in [3.05, 3.63) is 53.1 Å². The van der Waals surface area contributed by atoms with E-state index < -0.39 is 0 Å². The lowest BCUT2D eigenvalue weighted by Gasteiger charge is -2.22. The summed E-state index contributed by atoms with van der Waals surface area (Å²) < 4.78 is 14.9. The van der Waals surface area contributed by atoms with E-state index in [4.69, 9.17) is 11.6 Å². The van der Waals surface area contributed by atoms with Crippen molar-refractivity contribution in [3.63, 3.8) is 0 Å². The molecular weight excluding hydrogens is 357 g/mol. The molecule has 1 heterocycles. The molecule has 0 atom stereocenters. The number of anilines is 1. The molecule has 26 heavy (non-hydrogen) atoms. The standard InChI is InChI=1S/C18H23ClFN5O/c1-4-21-18(25(3)12-16-9-13(19)11-24(16)2)22-10-17(26)23-15-7-5-14(20)6-8-15/h5-9,11H,4,10,12H2,1-3H3,(H,21,22)(H,23,26). The predicted molar refractivity (Wildman–Crippen MR) is 103 cm³/mol. The molecule has 0 aliphatic rings. The van der Waals surface area contributed by atoms with Crippen LogP contribution < -0.4 is 10.6 Å². The largest absolute Gasteiger partial charge is 0.357 e. The van der Waals surface area contributed by atoms with Crippen molar-refractivity contribution in [1.82, 2.24) is 14.8 Å². The molecular formula is C18H23ClFN5O. The van der Waals surface area contributed by atoms with Crippen LogP contribution in [0.5, 0.6) is 0 Å². The van der Waals surface area contributed by atoms with Gasteiger partial charge in [-0.1, -0.05) is 11.6 Å². The highest BCUT2D eigenvalue weighted by atomic mass is 35.5. The van der Waals surface area contributed by atoms with Crippen molar-refractivity contribution < 1.29 is 9.18 Å². The van der Waals surface area contributed by atoms with E-state index in [1.54, 1.807) is 0 Å². The molecule has 140 valence electrons. The van der Waals surface area contributed by atoms with E-state index in [-0.39, 0.29) is 18.3 Å². The van der Waals surface area contributed by atoms with E-state index in [1.165, 1.54) is 24.3 Å². The van der Waals surface area contributed by atoms with Crippen molar-refractivity contribution >= 4 is 29.2 Å². The van der Waals surface area contributed by atoms with Gasteiger partial charge in [0.25, 0.3) is 0 Å². The molecule has 0 radical (unpaired) electrons. The summed E-state index contributed by atoms with van der Waals surface area (Å²) in [6, 6.07) is 7.49. The number of carbonyl (C=O) groups is 1. The molecule has 2 N–H and O–H groups in total. The number of hydrogen-bond acceptors (Lipinski definition) is 2. The molecule has 0 spiro atoms. The molecule has 0 unspecified atom stereocenters. The van der Waals surface area contributed by atoms with Crippen LogP contribution in [0.4, 0.5) is 10.1 Å². The third-order valence-electron chi connectivity index (χ3n) is 3.67. The summed E-state index contributed by atoms with van der Waals surface area (Å²) in [5.41, 5.74) is 1.56. The van der Waals surface area contributed by atoms with E-state index in [9.17, 15) is 9.18 Å². The van der Waals surface area contributed by atoms with Gasteiger partial charge in [-0.25, -0.2) is 9.38 Å². The van der Waals surface area contributed by atoms with Crippen LogP contribution in [0.2, 0.25) is 5.02 Å². The zero-order valence-corrected chi connectivity index (χ0v) is 15.8. The normalized spacial score (nSPS) is 11.3. The molecule has 1 amide bonds. The fourth-order valence-electron chi connectivity index (χ4n) is 2.39. The minimum atomic E-state index is -0.349. The second-order valence-corrected chi connectivity index (χ2v) is 6.28. The first-order chi connectivity index (χ1) is 12.4. The molecule has 2 aromatic rings. The maximum absolute atomic E-state index is 12.9. The Morgan fingerprint density at radius 2 is 2.04 bits per heavy atom. The number of carbonyl (C=O) groups excluding carboxylic acids is 1. The molecule has 0 aliphatic heterocycles. The van der Waals surface area contributed by atoms with Crippen molar-refractivity contribution in [2.45, 2.75) is 13.5 Å². The van der Waals surface area contributed by atoms with Gasteiger partial charge >= 0.3 is 0 Å². The average molecular weight is 380 g/mol. The van der Waals surface area contributed by atoms with E-state index in [2.05, 4.69) is 15.6 Å². The first-order valence-corrected chi connectivity index (χ1v) is 8.62. The first-order valence-electron chi connectivity index (χ1n) is 8.24. The fourth-order valence-corrected chi connectivity index (χ4v) is 2.66. The molecule has 0 saturated carbocycles. The van der Waals surface area contributed by atoms with Crippen LogP contribution in [0, 0.1) is 5.82 Å². The van der Waals surface area contributed by atoms with Gasteiger partial charge in [0.2, 0.25) is 5.91 Å². The SMILES string of the molecule is CCNC(=NCC(=O)Nc1ccc(F)cc1)N(C)Cc1cc(Cl)cn1C. The number of guanidine groups is 1. The molecule has 1 aromatic carbocycles. The number of nitrogens with one attached hydrogen (secondary N) is 2. The molecule has 2 rings (SSSR count). The topological polar surface area (TPSA) is 61.7 Å². The minimum Gasteiger partial charge on any atom is -0.357 e. The first kappa shape index (κ1) is 19.8. The quantitative estimate of drug-likeness (QED) is 0.599. The van der Waals surface area contributed by atoms with Crippen LogP contribution in [-0.4, -0.2) is 41.5 Å². The number of rotatable bonds is 6. The van der Waals surface area contributed by atoms with Gasteiger partial charge in [-0.15, -0.1) is 0 Å². The van der Waals surface area contributed by atoms with Crippen LogP contribution >= 0.6 is 11.6 Å². The Bertz CT molecular complexity index is 772. The van der Waals surface area contributed by atoms with E-state index in [1.807, 2.05) is 42.7 Å². The number of benzene rings is 1. The van der Waals surface area contributed by atoms with Crippen molar-refractivity contribution in [2.24, 2.45) is 12.0 Å². The molecule has 1 aromatic heterocycles. The summed E-state index contributed by atoms with van der Waals surface area (Å²) in [6.07, 6.45) is 1.84. The zero-order chi connectivity index (χ0) is 19.1. The third kappa shape index (κ3) is 5.77. The van der Waals surface area contributed by atoms with Gasteiger partial charge in [0.15, 0.2) is 5.96 Å². The summed E-state index contributed by atoms with van der Waals surface area (Å²) in [5, 5.41) is 6.52. The van der Waals surface area contributed by atoms with Crippen molar-refractivity contribution in [3.8, 4) is 0 Å². The molecule has 0 saturated heterocycles. The second-order valence-electron chi connectivity index (χ2n) is 5.84. The summed E-state index contributed by atoms with van der Waals surface area (Å²) in [7, 11) is 3.82. The Balaban J connectivity index is 1.99. The number of hydrogen-bond donors (Lipinski definition) is 2. The number of nitrogens with zero attached hydrogens (tertiary/aromatic N) is 3. The Hall–Kier alpha value is -2.54. The lowest BCUT2D eigenvalue weighted by molar-refractivity contribution is -0.114. The second kappa shape index (κ2) is 9.24. The lowest BCUT2D eigenvalue weighted by atomic mass is 10.3. The molecule has 8 heteroatoms. The number of aliphatic imine (C=N–C) groups is 1. The summed E-state index contributed by atoms with van der Waals surface area (Å²) in [4.78, 5) is 18.3. The van der Waals surface area contributed by atoms with Crippen LogP contribution in [0.3, 0.4) is 0 Å². The Morgan fingerprint density at radius 3 is 2.62 bits per heavy atom. The van der Waals surface area contributed by atoms with Crippen molar-refractivity contribution in [1.29, 1.82) is 0 Å². The van der Waals surface area contributed by atoms with Crippen LogP contribution in [0.1, 0.15) is 12.6 Å². The third-order valence-corrected chi connectivity index (χ3v) is 3.88. The predicted octanol–water partition coefficient (Wildman–Crippen LogP) is 2.85. The van der Waals surface area contributed by atoms with Crippen LogP contribution in [-0.2, 0) is 18.4 Å². The maximum Gasteiger partial charge on any atom is 0.246 e. The van der Waals surface area contributed by atoms with Gasteiger partial charge in [0.05, 0.1) is 11.6 Å². The van der Waals surface area contributed by atoms with Crippen molar-refractivity contribution in [2.75, 3.05) is 25.5 Å².